The van der Waals surface area contributed by atoms with E-state index in [2.05, 4.69) is 15.5 Å². The van der Waals surface area contributed by atoms with Gasteiger partial charge in [0.15, 0.2) is 5.82 Å². The number of carbonyl (C=O) groups excluding carboxylic acids is 1. The van der Waals surface area contributed by atoms with Gasteiger partial charge in [-0.2, -0.15) is 5.10 Å². The second-order valence-corrected chi connectivity index (χ2v) is 4.04. The van der Waals surface area contributed by atoms with Crippen LogP contribution >= 0.6 is 0 Å². The normalized spacial score (nSPS) is 20.7. The molecule has 16 heavy (non-hydrogen) atoms. The highest BCUT2D eigenvalue weighted by atomic mass is 16.5. The van der Waals surface area contributed by atoms with Crippen LogP contribution in [-0.2, 0) is 16.0 Å². The van der Waals surface area contributed by atoms with Crippen LogP contribution in [0.5, 0.6) is 0 Å². The zero-order chi connectivity index (χ0) is 11.4. The van der Waals surface area contributed by atoms with Gasteiger partial charge in [0.1, 0.15) is 0 Å². The number of aromatic amines is 1. The van der Waals surface area contributed by atoms with Crippen molar-refractivity contribution in [2.24, 2.45) is 5.92 Å². The van der Waals surface area contributed by atoms with Crippen molar-refractivity contribution < 1.29 is 9.53 Å². The largest absolute Gasteiger partial charge is 0.381 e. The van der Waals surface area contributed by atoms with Gasteiger partial charge in [-0.05, 0) is 19.3 Å². The molecule has 1 unspecified atom stereocenters. The van der Waals surface area contributed by atoms with Crippen LogP contribution in [0.15, 0.2) is 6.07 Å². The van der Waals surface area contributed by atoms with E-state index in [1.165, 1.54) is 0 Å². The van der Waals surface area contributed by atoms with Gasteiger partial charge in [0.05, 0.1) is 12.5 Å². The van der Waals surface area contributed by atoms with Gasteiger partial charge in [-0.15, -0.1) is 0 Å². The molecule has 0 saturated carbocycles. The third kappa shape index (κ3) is 2.61. The van der Waals surface area contributed by atoms with Crippen LogP contribution in [0.3, 0.4) is 0 Å². The Bertz CT molecular complexity index is 356. The summed E-state index contributed by atoms with van der Waals surface area (Å²) in [6, 6.07) is 1.86. The molecule has 1 aliphatic heterocycles. The number of nitrogens with one attached hydrogen (secondary N) is 2. The molecule has 2 N–H and O–H groups in total. The SMILES string of the molecule is CCc1cc(NC(=O)C2CCCOC2)n[nH]1. The highest BCUT2D eigenvalue weighted by Gasteiger charge is 2.22. The smallest absolute Gasteiger partial charge is 0.231 e. The molecule has 0 bridgehead atoms. The topological polar surface area (TPSA) is 67.0 Å². The van der Waals surface area contributed by atoms with Crippen LogP contribution in [0.1, 0.15) is 25.5 Å². The highest BCUT2D eigenvalue weighted by molar-refractivity contribution is 5.91. The number of ether oxygens (including phenoxy) is 1. The fourth-order valence-electron chi connectivity index (χ4n) is 1.78. The summed E-state index contributed by atoms with van der Waals surface area (Å²) >= 11 is 0. The Morgan fingerprint density at radius 1 is 1.75 bits per heavy atom. The van der Waals surface area contributed by atoms with E-state index in [0.717, 1.165) is 31.6 Å². The average Bonchev–Trinajstić information content (AvgIpc) is 2.78. The number of hydrogen-bond donors (Lipinski definition) is 2. The molecule has 0 radical (unpaired) electrons. The van der Waals surface area contributed by atoms with Crippen LogP contribution in [0.4, 0.5) is 5.82 Å². The summed E-state index contributed by atoms with van der Waals surface area (Å²) in [5.74, 6) is 0.580. The molecular weight excluding hydrogens is 206 g/mol. The monoisotopic (exact) mass is 223 g/mol. The van der Waals surface area contributed by atoms with Crippen LogP contribution in [0.2, 0.25) is 0 Å². The lowest BCUT2D eigenvalue weighted by atomic mass is 10.0. The van der Waals surface area contributed by atoms with Crippen LogP contribution in [0, 0.1) is 5.92 Å². The first-order valence-electron chi connectivity index (χ1n) is 5.72. The number of hydrogen-bond acceptors (Lipinski definition) is 3. The lowest BCUT2D eigenvalue weighted by molar-refractivity contribution is -0.123. The molecule has 1 aromatic rings. The Morgan fingerprint density at radius 3 is 3.25 bits per heavy atom. The molecule has 1 aromatic heterocycles. The molecule has 1 saturated heterocycles. The third-order valence-corrected chi connectivity index (χ3v) is 2.79. The minimum atomic E-state index is -0.0319. The highest BCUT2D eigenvalue weighted by Crippen LogP contribution is 2.16. The van der Waals surface area contributed by atoms with E-state index < -0.39 is 0 Å². The first-order chi connectivity index (χ1) is 7.79. The van der Waals surface area contributed by atoms with Crippen molar-refractivity contribution in [1.82, 2.24) is 10.2 Å². The standard InChI is InChI=1S/C11H17N3O2/c1-2-9-6-10(14-13-9)12-11(15)8-4-3-5-16-7-8/h6,8H,2-5,7H2,1H3,(H2,12,13,14,15). The minimum Gasteiger partial charge on any atom is -0.381 e. The summed E-state index contributed by atoms with van der Waals surface area (Å²) in [4.78, 5) is 11.8. The van der Waals surface area contributed by atoms with E-state index in [0.29, 0.717) is 12.4 Å². The van der Waals surface area contributed by atoms with Gasteiger partial charge in [-0.25, -0.2) is 0 Å². The maximum absolute atomic E-state index is 11.8. The molecule has 1 aliphatic rings. The van der Waals surface area contributed by atoms with Gasteiger partial charge in [0, 0.05) is 18.4 Å². The van der Waals surface area contributed by atoms with E-state index in [1.54, 1.807) is 0 Å². The number of aromatic nitrogens is 2. The van der Waals surface area contributed by atoms with Gasteiger partial charge in [0.25, 0.3) is 0 Å². The maximum Gasteiger partial charge on any atom is 0.231 e. The van der Waals surface area contributed by atoms with Crippen molar-refractivity contribution in [2.75, 3.05) is 18.5 Å². The molecule has 1 amide bonds. The summed E-state index contributed by atoms with van der Waals surface area (Å²) in [5, 5.41) is 9.70. The molecular formula is C11H17N3O2. The van der Waals surface area contributed by atoms with Crippen LogP contribution in [-0.4, -0.2) is 29.3 Å². The Labute approximate surface area is 94.6 Å². The Balaban J connectivity index is 1.90. The third-order valence-electron chi connectivity index (χ3n) is 2.79. The number of H-pyrrole nitrogens is 1. The Hall–Kier alpha value is -1.36. The fraction of sp³-hybridized carbons (Fsp3) is 0.636. The summed E-state index contributed by atoms with van der Waals surface area (Å²) in [6.45, 7) is 3.33. The van der Waals surface area contributed by atoms with Crippen LogP contribution in [0.25, 0.3) is 0 Å². The number of aryl methyl sites for hydroxylation is 1. The second-order valence-electron chi connectivity index (χ2n) is 4.04. The van der Waals surface area contributed by atoms with Gasteiger partial charge >= 0.3 is 0 Å². The van der Waals surface area contributed by atoms with Gasteiger partial charge in [0.2, 0.25) is 5.91 Å². The maximum atomic E-state index is 11.8. The van der Waals surface area contributed by atoms with Gasteiger partial charge < -0.3 is 10.1 Å². The molecule has 1 fully saturated rings. The zero-order valence-corrected chi connectivity index (χ0v) is 9.45. The molecule has 2 rings (SSSR count). The molecule has 0 aliphatic carbocycles. The van der Waals surface area contributed by atoms with Crippen LogP contribution < -0.4 is 5.32 Å². The molecule has 5 nitrogen and oxygen atoms in total. The first kappa shape index (κ1) is 11.1. The van der Waals surface area contributed by atoms with Crippen molar-refractivity contribution in [3.63, 3.8) is 0 Å². The number of carbonyl (C=O) groups is 1. The van der Waals surface area contributed by atoms with E-state index >= 15 is 0 Å². The van der Waals surface area contributed by atoms with E-state index in [4.69, 9.17) is 4.74 Å². The lowest BCUT2D eigenvalue weighted by Gasteiger charge is -2.20. The fourth-order valence-corrected chi connectivity index (χ4v) is 1.78. The van der Waals surface area contributed by atoms with Gasteiger partial charge in [-0.1, -0.05) is 6.92 Å². The minimum absolute atomic E-state index is 0.00820. The molecule has 2 heterocycles. The van der Waals surface area contributed by atoms with Gasteiger partial charge in [-0.3, -0.25) is 9.89 Å². The summed E-state index contributed by atoms with van der Waals surface area (Å²) in [7, 11) is 0. The predicted molar refractivity (Wildman–Crippen MR) is 60.1 cm³/mol. The van der Waals surface area contributed by atoms with Crippen molar-refractivity contribution >= 4 is 11.7 Å². The van der Waals surface area contributed by atoms with E-state index in [-0.39, 0.29) is 11.8 Å². The lowest BCUT2D eigenvalue weighted by Crippen LogP contribution is -2.30. The summed E-state index contributed by atoms with van der Waals surface area (Å²) < 4.78 is 5.28. The quantitative estimate of drug-likeness (QED) is 0.812. The van der Waals surface area contributed by atoms with E-state index in [9.17, 15) is 4.79 Å². The number of rotatable bonds is 3. The molecule has 88 valence electrons. The molecule has 5 heteroatoms. The molecule has 0 aromatic carbocycles. The molecule has 1 atom stereocenters. The first-order valence-corrected chi connectivity index (χ1v) is 5.72. The molecule has 0 spiro atoms. The summed E-state index contributed by atoms with van der Waals surface area (Å²) in [5.41, 5.74) is 1.02. The Kier molecular flexibility index (Phi) is 3.56. The van der Waals surface area contributed by atoms with Crippen molar-refractivity contribution in [3.05, 3.63) is 11.8 Å². The second kappa shape index (κ2) is 5.12. The number of nitrogens with zero attached hydrogens (tertiary/aromatic N) is 1. The van der Waals surface area contributed by atoms with Crippen molar-refractivity contribution in [1.29, 1.82) is 0 Å². The van der Waals surface area contributed by atoms with E-state index in [1.807, 2.05) is 13.0 Å². The number of anilines is 1. The zero-order valence-electron chi connectivity index (χ0n) is 9.45. The number of amides is 1. The predicted octanol–water partition coefficient (Wildman–Crippen LogP) is 1.34. The Morgan fingerprint density at radius 2 is 2.62 bits per heavy atom. The van der Waals surface area contributed by atoms with Crippen molar-refractivity contribution in [2.45, 2.75) is 26.2 Å². The summed E-state index contributed by atoms with van der Waals surface area (Å²) in [6.07, 6.45) is 2.74. The van der Waals surface area contributed by atoms with Crippen molar-refractivity contribution in [3.8, 4) is 0 Å². The average molecular weight is 223 g/mol.